The van der Waals surface area contributed by atoms with Gasteiger partial charge < -0.3 is 0 Å². The zero-order valence-corrected chi connectivity index (χ0v) is 16.6. The maximum atomic E-state index is 2.41. The Morgan fingerprint density at radius 1 is 0.708 bits per heavy atom. The first-order valence-corrected chi connectivity index (χ1v) is 11.2. The number of hydrogen-bond donors (Lipinski definition) is 0. The van der Waals surface area contributed by atoms with Gasteiger partial charge in [0.05, 0.1) is 0 Å². The third-order valence-corrected chi connectivity index (χ3v) is 7.59. The van der Waals surface area contributed by atoms with Crippen LogP contribution >= 0.6 is 7.92 Å². The molecule has 0 bridgehead atoms. The normalized spacial score (nSPS) is 12.3. The monoisotopic (exact) mass is 340 g/mol. The predicted octanol–water partition coefficient (Wildman–Crippen LogP) is 6.35. The maximum absolute atomic E-state index is 2.41. The molecule has 0 N–H and O–H groups in total. The Morgan fingerprint density at radius 2 is 1.38 bits per heavy atom. The quantitative estimate of drug-likeness (QED) is 0.349. The van der Waals surface area contributed by atoms with Gasteiger partial charge in [0.2, 0.25) is 0 Å². The minimum absolute atomic E-state index is 0.226. The number of unbranched alkanes of at least 4 members (excludes halogenated alkanes) is 4. The number of rotatable bonds is 10. The highest BCUT2D eigenvalue weighted by Crippen LogP contribution is 2.37. The minimum atomic E-state index is -0.226. The lowest BCUT2D eigenvalue weighted by atomic mass is 10.1. The van der Waals surface area contributed by atoms with Crippen LogP contribution in [0.3, 0.4) is 0 Å². The van der Waals surface area contributed by atoms with E-state index in [9.17, 15) is 0 Å². The molecule has 0 saturated heterocycles. The molecule has 2 rings (SSSR count). The fraction of sp³-hybridized carbons (Fsp3) is 0.478. The summed E-state index contributed by atoms with van der Waals surface area (Å²) in [6, 6.07) is 18.3. The van der Waals surface area contributed by atoms with Crippen molar-refractivity contribution in [1.82, 2.24) is 0 Å². The van der Waals surface area contributed by atoms with Gasteiger partial charge in [0, 0.05) is 0 Å². The van der Waals surface area contributed by atoms with E-state index in [1.54, 1.807) is 16.2 Å². The lowest BCUT2D eigenvalue weighted by Crippen LogP contribution is -2.20. The second-order valence-corrected chi connectivity index (χ2v) is 9.00. The molecule has 0 amide bonds. The maximum Gasteiger partial charge on any atom is -0.0163 e. The minimum Gasteiger partial charge on any atom is -0.0654 e. The first-order chi connectivity index (χ1) is 11.8. The average molecular weight is 340 g/mol. The van der Waals surface area contributed by atoms with Gasteiger partial charge in [-0.1, -0.05) is 88.1 Å². The van der Waals surface area contributed by atoms with Crippen molar-refractivity contribution in [3.63, 3.8) is 0 Å². The summed E-state index contributed by atoms with van der Waals surface area (Å²) >= 11 is 0. The van der Waals surface area contributed by atoms with Crippen molar-refractivity contribution >= 4 is 18.5 Å². The first-order valence-electron chi connectivity index (χ1n) is 9.69. The van der Waals surface area contributed by atoms with Crippen molar-refractivity contribution in [2.45, 2.75) is 65.7 Å². The molecule has 2 aromatic carbocycles. The van der Waals surface area contributed by atoms with E-state index in [2.05, 4.69) is 69.3 Å². The molecular weight excluding hydrogens is 307 g/mol. The zero-order valence-electron chi connectivity index (χ0n) is 15.7. The van der Waals surface area contributed by atoms with E-state index in [-0.39, 0.29) is 7.92 Å². The topological polar surface area (TPSA) is 0 Å². The van der Waals surface area contributed by atoms with Gasteiger partial charge >= 0.3 is 0 Å². The molecule has 1 atom stereocenters. The predicted molar refractivity (Wildman–Crippen MR) is 111 cm³/mol. The van der Waals surface area contributed by atoms with E-state index in [4.69, 9.17) is 0 Å². The molecule has 1 heteroatoms. The molecule has 0 radical (unpaired) electrons. The molecule has 0 spiro atoms. The van der Waals surface area contributed by atoms with Gasteiger partial charge in [-0.15, -0.1) is 0 Å². The van der Waals surface area contributed by atoms with Crippen LogP contribution in [-0.2, 0) is 6.42 Å². The molecule has 0 aliphatic heterocycles. The molecule has 0 fully saturated rings. The molecule has 0 aliphatic rings. The van der Waals surface area contributed by atoms with Crippen LogP contribution < -0.4 is 10.6 Å². The molecule has 0 nitrogen and oxygen atoms in total. The van der Waals surface area contributed by atoms with Crippen LogP contribution in [0, 0.1) is 6.92 Å². The summed E-state index contributed by atoms with van der Waals surface area (Å²) in [4.78, 5) is 0. The van der Waals surface area contributed by atoms with Crippen molar-refractivity contribution in [2.75, 3.05) is 6.16 Å². The van der Waals surface area contributed by atoms with Crippen molar-refractivity contribution in [2.24, 2.45) is 0 Å². The Hall–Kier alpha value is -1.13. The number of aryl methyl sites for hydroxylation is 2. The van der Waals surface area contributed by atoms with Crippen molar-refractivity contribution < 1.29 is 0 Å². The Morgan fingerprint density at radius 3 is 2.08 bits per heavy atom. The Labute approximate surface area is 150 Å². The van der Waals surface area contributed by atoms with Gasteiger partial charge in [0.15, 0.2) is 0 Å². The Bertz CT molecular complexity index is 602. The largest absolute Gasteiger partial charge is 0.0654 e. The Kier molecular flexibility index (Phi) is 8.54. The van der Waals surface area contributed by atoms with Gasteiger partial charge in [-0.2, -0.15) is 0 Å². The van der Waals surface area contributed by atoms with Crippen LogP contribution in [0.4, 0.5) is 0 Å². The van der Waals surface area contributed by atoms with Crippen LogP contribution in [0.25, 0.3) is 0 Å². The summed E-state index contributed by atoms with van der Waals surface area (Å²) in [7, 11) is -0.226. The third-order valence-electron chi connectivity index (χ3n) is 4.72. The van der Waals surface area contributed by atoms with E-state index in [0.717, 1.165) is 0 Å². The van der Waals surface area contributed by atoms with Crippen LogP contribution in [0.1, 0.15) is 63.5 Å². The fourth-order valence-corrected chi connectivity index (χ4v) is 6.13. The van der Waals surface area contributed by atoms with Crippen LogP contribution in [0.15, 0.2) is 48.5 Å². The zero-order chi connectivity index (χ0) is 17.2. The molecular formula is C23H33P. The van der Waals surface area contributed by atoms with E-state index in [1.165, 1.54) is 56.7 Å². The van der Waals surface area contributed by atoms with Gasteiger partial charge in [0.25, 0.3) is 0 Å². The SMILES string of the molecule is CCCCCCP(c1ccccc1C)c1ccccc1CCCC. The lowest BCUT2D eigenvalue weighted by Gasteiger charge is -2.23. The highest BCUT2D eigenvalue weighted by atomic mass is 31.1. The lowest BCUT2D eigenvalue weighted by molar-refractivity contribution is 0.705. The summed E-state index contributed by atoms with van der Waals surface area (Å²) in [6.07, 6.45) is 10.5. The first kappa shape index (κ1) is 19.2. The molecule has 1 unspecified atom stereocenters. The molecule has 0 saturated carbocycles. The van der Waals surface area contributed by atoms with E-state index >= 15 is 0 Å². The molecule has 0 aliphatic carbocycles. The summed E-state index contributed by atoms with van der Waals surface area (Å²) in [5, 5.41) is 3.22. The highest BCUT2D eigenvalue weighted by Gasteiger charge is 2.18. The van der Waals surface area contributed by atoms with Crippen molar-refractivity contribution in [3.05, 3.63) is 59.7 Å². The van der Waals surface area contributed by atoms with E-state index in [1.807, 2.05) is 0 Å². The second kappa shape index (κ2) is 10.7. The van der Waals surface area contributed by atoms with Gasteiger partial charge in [-0.3, -0.25) is 0 Å². The smallest absolute Gasteiger partial charge is 0.0163 e. The summed E-state index contributed by atoms with van der Waals surface area (Å²) in [6.45, 7) is 6.87. The van der Waals surface area contributed by atoms with Gasteiger partial charge in [-0.25, -0.2) is 0 Å². The highest BCUT2D eigenvalue weighted by molar-refractivity contribution is 7.73. The van der Waals surface area contributed by atoms with Gasteiger partial charge in [-0.05, 0) is 62.0 Å². The summed E-state index contributed by atoms with van der Waals surface area (Å²) < 4.78 is 0. The van der Waals surface area contributed by atoms with Gasteiger partial charge in [0.1, 0.15) is 0 Å². The number of benzene rings is 2. The van der Waals surface area contributed by atoms with Crippen LogP contribution in [0.2, 0.25) is 0 Å². The molecule has 0 heterocycles. The standard InChI is InChI=1S/C23H33P/c1-4-6-8-13-19-24(22-17-11-9-14-20(22)3)23-18-12-10-16-21(23)15-7-5-2/h9-12,14,16-18H,4-8,13,15,19H2,1-3H3. The molecule has 0 aromatic heterocycles. The molecule has 2 aromatic rings. The van der Waals surface area contributed by atoms with Crippen LogP contribution in [-0.4, -0.2) is 6.16 Å². The number of hydrogen-bond acceptors (Lipinski definition) is 0. The fourth-order valence-electron chi connectivity index (χ4n) is 3.29. The van der Waals surface area contributed by atoms with Crippen molar-refractivity contribution in [1.29, 1.82) is 0 Å². The second-order valence-electron chi connectivity index (χ2n) is 6.73. The Balaban J connectivity index is 2.30. The third kappa shape index (κ3) is 5.45. The summed E-state index contributed by atoms with van der Waals surface area (Å²) in [5.74, 6) is 0. The van der Waals surface area contributed by atoms with Crippen LogP contribution in [0.5, 0.6) is 0 Å². The van der Waals surface area contributed by atoms with E-state index < -0.39 is 0 Å². The molecule has 130 valence electrons. The average Bonchev–Trinajstić information content (AvgIpc) is 2.61. The van der Waals surface area contributed by atoms with Crippen molar-refractivity contribution in [3.8, 4) is 0 Å². The van der Waals surface area contributed by atoms with E-state index in [0.29, 0.717) is 0 Å². The summed E-state index contributed by atoms with van der Waals surface area (Å²) in [5.41, 5.74) is 3.05. The molecule has 24 heavy (non-hydrogen) atoms.